The number of carbonyl (C=O) groups excluding carboxylic acids is 1. The van der Waals surface area contributed by atoms with E-state index >= 15 is 0 Å². The molecule has 8 heteroatoms. The first-order valence-corrected chi connectivity index (χ1v) is 8.53. The third-order valence-electron chi connectivity index (χ3n) is 4.30. The van der Waals surface area contributed by atoms with Crippen LogP contribution in [0.4, 0.5) is 4.79 Å². The summed E-state index contributed by atoms with van der Waals surface area (Å²) in [6.45, 7) is 4.61. The molecule has 0 spiro atoms. The van der Waals surface area contributed by atoms with Gasteiger partial charge in [0.05, 0.1) is 24.2 Å². The summed E-state index contributed by atoms with van der Waals surface area (Å²) < 4.78 is 4.99. The van der Waals surface area contributed by atoms with Gasteiger partial charge in [-0.2, -0.15) is 5.26 Å². The summed E-state index contributed by atoms with van der Waals surface area (Å²) in [4.78, 5) is 22.8. The normalized spacial score (nSPS) is 16.2. The average Bonchev–Trinajstić information content (AvgIpc) is 3.06. The van der Waals surface area contributed by atoms with Crippen molar-refractivity contribution in [2.24, 2.45) is 0 Å². The highest BCUT2D eigenvalue weighted by Crippen LogP contribution is 2.19. The molecule has 0 bridgehead atoms. The first kappa shape index (κ1) is 17.8. The molecule has 0 atom stereocenters. The Kier molecular flexibility index (Phi) is 5.39. The van der Waals surface area contributed by atoms with Crippen LogP contribution in [0.1, 0.15) is 12.7 Å². The van der Waals surface area contributed by atoms with Crippen LogP contribution in [-0.2, 0) is 4.74 Å². The summed E-state index contributed by atoms with van der Waals surface area (Å²) in [6, 6.07) is 9.49. The van der Waals surface area contributed by atoms with E-state index in [4.69, 9.17) is 4.74 Å². The van der Waals surface area contributed by atoms with Crippen molar-refractivity contribution >= 4 is 22.7 Å². The van der Waals surface area contributed by atoms with Crippen LogP contribution in [0.5, 0.6) is 0 Å². The summed E-state index contributed by atoms with van der Waals surface area (Å²) in [7, 11) is 0. The first-order chi connectivity index (χ1) is 12.6. The molecule has 3 rings (SSSR count). The van der Waals surface area contributed by atoms with E-state index < -0.39 is 0 Å². The number of hydrogen-bond donors (Lipinski definition) is 2. The third kappa shape index (κ3) is 3.78. The number of aromatic nitrogens is 2. The largest absolute Gasteiger partial charge is 0.509 e. The fraction of sp³-hybridized carbons (Fsp3) is 0.389. The number of aromatic amines is 1. The highest BCUT2D eigenvalue weighted by molar-refractivity contribution is 5.82. The molecule has 1 fully saturated rings. The molecule has 1 aromatic carbocycles. The second-order valence-corrected chi connectivity index (χ2v) is 6.00. The van der Waals surface area contributed by atoms with Crippen molar-refractivity contribution in [2.45, 2.75) is 6.92 Å². The minimum atomic E-state index is -0.313. The lowest BCUT2D eigenvalue weighted by atomic mass is 10.2. The van der Waals surface area contributed by atoms with Crippen molar-refractivity contribution in [2.75, 3.05) is 39.3 Å². The minimum Gasteiger partial charge on any atom is -0.509 e. The topological polar surface area (TPSA) is 105 Å². The molecule has 1 aromatic heterocycles. The van der Waals surface area contributed by atoms with Crippen LogP contribution in [0.3, 0.4) is 0 Å². The van der Waals surface area contributed by atoms with Crippen LogP contribution in [-0.4, -0.2) is 70.3 Å². The average molecular weight is 355 g/mol. The molecule has 2 heterocycles. The number of aliphatic hydroxyl groups is 1. The number of piperazine rings is 1. The van der Waals surface area contributed by atoms with Gasteiger partial charge in [0.1, 0.15) is 17.4 Å². The van der Waals surface area contributed by atoms with E-state index in [0.29, 0.717) is 38.6 Å². The van der Waals surface area contributed by atoms with E-state index in [-0.39, 0.29) is 24.0 Å². The standard InChI is InChI=1S/C18H21N5O3/c1-2-26-18(25)23-9-7-22(8-10-23)12-16(24)13(11-19)17-20-14-5-3-4-6-15(14)21-17/h3-6,24H,2,7-10,12H2,1H3,(H,20,21). The van der Waals surface area contributed by atoms with Gasteiger partial charge in [0, 0.05) is 26.2 Å². The molecular weight excluding hydrogens is 334 g/mol. The van der Waals surface area contributed by atoms with Crippen molar-refractivity contribution in [3.8, 4) is 6.07 Å². The number of nitrogens with one attached hydrogen (secondary N) is 1. The van der Waals surface area contributed by atoms with Crippen molar-refractivity contribution in [1.82, 2.24) is 19.8 Å². The Morgan fingerprint density at radius 1 is 1.35 bits per heavy atom. The maximum Gasteiger partial charge on any atom is 0.409 e. The van der Waals surface area contributed by atoms with Crippen molar-refractivity contribution in [3.63, 3.8) is 0 Å². The molecule has 2 N–H and O–H groups in total. The molecule has 0 aliphatic carbocycles. The third-order valence-corrected chi connectivity index (χ3v) is 4.30. The zero-order chi connectivity index (χ0) is 18.5. The Labute approximate surface area is 151 Å². The Hall–Kier alpha value is -3.05. The predicted molar refractivity (Wildman–Crippen MR) is 96.3 cm³/mol. The molecular formula is C18H21N5O3. The van der Waals surface area contributed by atoms with Gasteiger partial charge in [-0.3, -0.25) is 4.90 Å². The second kappa shape index (κ2) is 7.89. The van der Waals surface area contributed by atoms with Gasteiger partial charge in [-0.25, -0.2) is 9.78 Å². The fourth-order valence-electron chi connectivity index (χ4n) is 2.92. The van der Waals surface area contributed by atoms with Gasteiger partial charge in [0.2, 0.25) is 0 Å². The summed E-state index contributed by atoms with van der Waals surface area (Å²) >= 11 is 0. The SMILES string of the molecule is CCOC(=O)N1CCN(CC(O)=C(C#N)c2nc3ccccc3[nH]2)CC1. The molecule has 26 heavy (non-hydrogen) atoms. The summed E-state index contributed by atoms with van der Waals surface area (Å²) in [6.07, 6.45) is -0.313. The molecule has 1 saturated heterocycles. The summed E-state index contributed by atoms with van der Waals surface area (Å²) in [5, 5.41) is 19.9. The number of allylic oxidation sites excluding steroid dienone is 1. The van der Waals surface area contributed by atoms with Gasteiger partial charge in [-0.05, 0) is 19.1 Å². The highest BCUT2D eigenvalue weighted by atomic mass is 16.6. The zero-order valence-corrected chi connectivity index (χ0v) is 14.6. The van der Waals surface area contributed by atoms with Crippen LogP contribution in [0, 0.1) is 11.3 Å². The molecule has 0 radical (unpaired) electrons. The number of fused-ring (bicyclic) bond motifs is 1. The number of rotatable bonds is 4. The van der Waals surface area contributed by atoms with Crippen molar-refractivity contribution in [3.05, 3.63) is 35.8 Å². The van der Waals surface area contributed by atoms with E-state index in [1.165, 1.54) is 0 Å². The van der Waals surface area contributed by atoms with Gasteiger partial charge in [0.15, 0.2) is 5.82 Å². The Bertz CT molecular complexity index is 826. The summed E-state index contributed by atoms with van der Waals surface area (Å²) in [5.74, 6) is 0.326. The minimum absolute atomic E-state index is 0.0314. The Morgan fingerprint density at radius 3 is 2.73 bits per heavy atom. The number of nitriles is 1. The number of nitrogens with zero attached hydrogens (tertiary/aromatic N) is 4. The number of aliphatic hydroxyl groups excluding tert-OH is 1. The van der Waals surface area contributed by atoms with Crippen LogP contribution >= 0.6 is 0 Å². The van der Waals surface area contributed by atoms with Crippen LogP contribution < -0.4 is 0 Å². The number of carbonyl (C=O) groups is 1. The lowest BCUT2D eigenvalue weighted by Crippen LogP contribution is -2.49. The molecule has 1 aliphatic rings. The molecule has 2 aromatic rings. The first-order valence-electron chi connectivity index (χ1n) is 8.53. The zero-order valence-electron chi connectivity index (χ0n) is 14.6. The lowest BCUT2D eigenvalue weighted by Gasteiger charge is -2.33. The number of H-pyrrole nitrogens is 1. The lowest BCUT2D eigenvalue weighted by molar-refractivity contribution is 0.0796. The maximum absolute atomic E-state index is 11.7. The van der Waals surface area contributed by atoms with Crippen molar-refractivity contribution in [1.29, 1.82) is 5.26 Å². The second-order valence-electron chi connectivity index (χ2n) is 6.00. The molecule has 136 valence electrons. The number of benzene rings is 1. The quantitative estimate of drug-likeness (QED) is 0.643. The monoisotopic (exact) mass is 355 g/mol. The Morgan fingerprint density at radius 2 is 2.08 bits per heavy atom. The molecule has 8 nitrogen and oxygen atoms in total. The molecule has 1 aliphatic heterocycles. The van der Waals surface area contributed by atoms with Gasteiger partial charge in [-0.15, -0.1) is 0 Å². The van der Waals surface area contributed by atoms with E-state index in [2.05, 4.69) is 9.97 Å². The number of hydrogen-bond acceptors (Lipinski definition) is 6. The highest BCUT2D eigenvalue weighted by Gasteiger charge is 2.23. The predicted octanol–water partition coefficient (Wildman–Crippen LogP) is 2.13. The molecule has 0 unspecified atom stereocenters. The van der Waals surface area contributed by atoms with E-state index in [0.717, 1.165) is 11.0 Å². The number of para-hydroxylation sites is 2. The van der Waals surface area contributed by atoms with Crippen molar-refractivity contribution < 1.29 is 14.6 Å². The van der Waals surface area contributed by atoms with E-state index in [9.17, 15) is 15.2 Å². The smallest absolute Gasteiger partial charge is 0.409 e. The maximum atomic E-state index is 11.7. The van der Waals surface area contributed by atoms with Gasteiger partial charge >= 0.3 is 6.09 Å². The van der Waals surface area contributed by atoms with E-state index in [1.807, 2.05) is 35.2 Å². The van der Waals surface area contributed by atoms with Crippen LogP contribution in [0.2, 0.25) is 0 Å². The van der Waals surface area contributed by atoms with E-state index in [1.54, 1.807) is 11.8 Å². The van der Waals surface area contributed by atoms with Gasteiger partial charge in [0.25, 0.3) is 0 Å². The molecule has 0 saturated carbocycles. The Balaban J connectivity index is 1.68. The van der Waals surface area contributed by atoms with Crippen LogP contribution in [0.15, 0.2) is 30.0 Å². The number of ether oxygens (including phenoxy) is 1. The van der Waals surface area contributed by atoms with Crippen LogP contribution in [0.25, 0.3) is 16.6 Å². The number of amides is 1. The number of imidazole rings is 1. The molecule has 1 amide bonds. The van der Waals surface area contributed by atoms with Gasteiger partial charge < -0.3 is 19.7 Å². The van der Waals surface area contributed by atoms with Gasteiger partial charge in [-0.1, -0.05) is 12.1 Å². The fourth-order valence-corrected chi connectivity index (χ4v) is 2.92. The summed E-state index contributed by atoms with van der Waals surface area (Å²) in [5.41, 5.74) is 1.69.